The highest BCUT2D eigenvalue weighted by atomic mass is 15.2. The number of nitrogens with zero attached hydrogens (tertiary/aromatic N) is 5. The predicted molar refractivity (Wildman–Crippen MR) is 112 cm³/mol. The van der Waals surface area contributed by atoms with E-state index < -0.39 is 0 Å². The van der Waals surface area contributed by atoms with E-state index in [1.54, 1.807) is 0 Å². The lowest BCUT2D eigenvalue weighted by Gasteiger charge is -2.25. The minimum absolute atomic E-state index is 0.394. The van der Waals surface area contributed by atoms with Gasteiger partial charge >= 0.3 is 0 Å². The summed E-state index contributed by atoms with van der Waals surface area (Å²) in [5.41, 5.74) is 6.16. The molecule has 0 bridgehead atoms. The molecule has 144 valence electrons. The fraction of sp³-hybridized carbons (Fsp3) is 0.391. The quantitative estimate of drug-likeness (QED) is 0.697. The Labute approximate surface area is 166 Å². The Bertz CT molecular complexity index is 991. The summed E-state index contributed by atoms with van der Waals surface area (Å²) < 4.78 is 2.28. The molecular weight excluding hydrogens is 346 g/mol. The monoisotopic (exact) mass is 373 g/mol. The molecule has 0 radical (unpaired) electrons. The molecule has 0 spiro atoms. The van der Waals surface area contributed by atoms with Gasteiger partial charge in [-0.15, -0.1) is 0 Å². The van der Waals surface area contributed by atoms with Gasteiger partial charge in [0.05, 0.1) is 23.1 Å². The van der Waals surface area contributed by atoms with Crippen molar-refractivity contribution in [2.45, 2.75) is 31.8 Å². The number of rotatable bonds is 4. The molecule has 3 aromatic heterocycles. The number of pyridine rings is 2. The molecule has 0 saturated carbocycles. The summed E-state index contributed by atoms with van der Waals surface area (Å²) in [6.07, 6.45) is 9.91. The van der Waals surface area contributed by atoms with E-state index in [-0.39, 0.29) is 0 Å². The Kier molecular flexibility index (Phi) is 4.71. The molecule has 28 heavy (non-hydrogen) atoms. The molecule has 0 aliphatic carbocycles. The van der Waals surface area contributed by atoms with E-state index >= 15 is 0 Å². The van der Waals surface area contributed by atoms with Gasteiger partial charge in [-0.1, -0.05) is 18.2 Å². The summed E-state index contributed by atoms with van der Waals surface area (Å²) >= 11 is 0. The van der Waals surface area contributed by atoms with Gasteiger partial charge in [-0.3, -0.25) is 14.3 Å². The molecule has 3 aromatic rings. The summed E-state index contributed by atoms with van der Waals surface area (Å²) in [6.45, 7) is 4.10. The number of fused-ring (bicyclic) bond motifs is 1. The highest BCUT2D eigenvalue weighted by Gasteiger charge is 2.29. The number of imidazole rings is 1. The van der Waals surface area contributed by atoms with Gasteiger partial charge in [-0.05, 0) is 62.7 Å². The number of hydrogen-bond donors (Lipinski definition) is 0. The fourth-order valence-electron chi connectivity index (χ4n) is 4.60. The van der Waals surface area contributed by atoms with Crippen LogP contribution in [0.4, 0.5) is 0 Å². The van der Waals surface area contributed by atoms with Crippen molar-refractivity contribution >= 4 is 11.2 Å². The third-order valence-electron chi connectivity index (χ3n) is 6.06. The van der Waals surface area contributed by atoms with Gasteiger partial charge in [0.25, 0.3) is 0 Å². The highest BCUT2D eigenvalue weighted by Crippen LogP contribution is 2.34. The summed E-state index contributed by atoms with van der Waals surface area (Å²) in [5, 5.41) is 0. The van der Waals surface area contributed by atoms with E-state index in [1.807, 2.05) is 12.3 Å². The van der Waals surface area contributed by atoms with Crippen LogP contribution in [0.15, 0.2) is 54.9 Å². The summed E-state index contributed by atoms with van der Waals surface area (Å²) in [6, 6.07) is 12.9. The smallest absolute Gasteiger partial charge is 0.137 e. The van der Waals surface area contributed by atoms with Crippen molar-refractivity contribution in [1.82, 2.24) is 24.2 Å². The molecule has 2 aliphatic rings. The second-order valence-electron chi connectivity index (χ2n) is 7.96. The number of likely N-dealkylation sites (N-methyl/N-ethyl adjacent to an activating group) is 1. The van der Waals surface area contributed by atoms with Gasteiger partial charge in [0.2, 0.25) is 0 Å². The van der Waals surface area contributed by atoms with Crippen molar-refractivity contribution in [1.29, 1.82) is 0 Å². The van der Waals surface area contributed by atoms with Gasteiger partial charge in [-0.2, -0.15) is 0 Å². The van der Waals surface area contributed by atoms with Crippen molar-refractivity contribution < 1.29 is 0 Å². The summed E-state index contributed by atoms with van der Waals surface area (Å²) in [5.74, 6) is 0. The van der Waals surface area contributed by atoms with Crippen LogP contribution in [0.3, 0.4) is 0 Å². The van der Waals surface area contributed by atoms with E-state index in [9.17, 15) is 0 Å². The largest absolute Gasteiger partial charge is 0.302 e. The second-order valence-corrected chi connectivity index (χ2v) is 7.96. The first-order valence-electron chi connectivity index (χ1n) is 10.3. The molecule has 2 aliphatic heterocycles. The molecule has 5 nitrogen and oxygen atoms in total. The van der Waals surface area contributed by atoms with Crippen molar-refractivity contribution in [2.24, 2.45) is 0 Å². The van der Waals surface area contributed by atoms with Crippen LogP contribution in [-0.4, -0.2) is 50.9 Å². The zero-order chi connectivity index (χ0) is 18.9. The molecule has 0 aromatic carbocycles. The van der Waals surface area contributed by atoms with Gasteiger partial charge in [-0.25, -0.2) is 4.98 Å². The Morgan fingerprint density at radius 3 is 2.86 bits per heavy atom. The summed E-state index contributed by atoms with van der Waals surface area (Å²) in [4.78, 5) is 14.6. The van der Waals surface area contributed by atoms with Crippen molar-refractivity contribution in [3.63, 3.8) is 0 Å². The molecule has 1 unspecified atom stereocenters. The van der Waals surface area contributed by atoms with Crippen LogP contribution in [0.25, 0.3) is 11.2 Å². The lowest BCUT2D eigenvalue weighted by Crippen LogP contribution is -2.26. The molecule has 5 heteroatoms. The first kappa shape index (κ1) is 17.6. The molecular formula is C23H27N5. The van der Waals surface area contributed by atoms with E-state index in [4.69, 9.17) is 4.98 Å². The van der Waals surface area contributed by atoms with Crippen LogP contribution in [0.2, 0.25) is 0 Å². The Hall–Kier alpha value is -2.50. The predicted octanol–water partition coefficient (Wildman–Crippen LogP) is 3.79. The van der Waals surface area contributed by atoms with Crippen molar-refractivity contribution in [3.05, 3.63) is 71.9 Å². The maximum absolute atomic E-state index is 5.04. The van der Waals surface area contributed by atoms with Crippen LogP contribution in [0, 0.1) is 0 Å². The van der Waals surface area contributed by atoms with Crippen molar-refractivity contribution in [2.75, 3.05) is 26.7 Å². The van der Waals surface area contributed by atoms with E-state index in [1.165, 1.54) is 35.5 Å². The third kappa shape index (κ3) is 3.25. The topological polar surface area (TPSA) is 36.7 Å². The maximum Gasteiger partial charge on any atom is 0.137 e. The van der Waals surface area contributed by atoms with E-state index in [2.05, 4.69) is 68.8 Å². The number of aromatic nitrogens is 3. The number of likely N-dealkylation sites (tertiary alicyclic amines) is 1. The van der Waals surface area contributed by atoms with E-state index in [0.717, 1.165) is 38.2 Å². The zero-order valence-corrected chi connectivity index (χ0v) is 16.5. The first-order chi connectivity index (χ1) is 13.8. The van der Waals surface area contributed by atoms with Crippen molar-refractivity contribution in [3.8, 4) is 0 Å². The SMILES string of the molecule is CN1CC=C(c2c(CN3CCCC3c3ccccn3)nc3ccccn23)CC1. The normalized spacial score (nSPS) is 21.3. The Morgan fingerprint density at radius 1 is 1.11 bits per heavy atom. The average Bonchev–Trinajstić information content (AvgIpc) is 3.34. The lowest BCUT2D eigenvalue weighted by atomic mass is 10.0. The molecule has 5 heterocycles. The van der Waals surface area contributed by atoms with Crippen LogP contribution < -0.4 is 0 Å². The van der Waals surface area contributed by atoms with Gasteiger partial charge in [0.15, 0.2) is 0 Å². The molecule has 1 atom stereocenters. The highest BCUT2D eigenvalue weighted by molar-refractivity contribution is 5.69. The molecule has 1 saturated heterocycles. The average molecular weight is 374 g/mol. The van der Waals surface area contributed by atoms with Crippen LogP contribution in [0.1, 0.15) is 42.4 Å². The van der Waals surface area contributed by atoms with Crippen LogP contribution >= 0.6 is 0 Å². The lowest BCUT2D eigenvalue weighted by molar-refractivity contribution is 0.241. The Morgan fingerprint density at radius 2 is 2.04 bits per heavy atom. The molecule has 0 amide bonds. The molecule has 5 rings (SSSR count). The minimum Gasteiger partial charge on any atom is -0.302 e. The first-order valence-corrected chi connectivity index (χ1v) is 10.3. The van der Waals surface area contributed by atoms with Gasteiger partial charge in [0.1, 0.15) is 5.65 Å². The van der Waals surface area contributed by atoms with Gasteiger partial charge in [0, 0.05) is 32.0 Å². The molecule has 1 fully saturated rings. The summed E-state index contributed by atoms with van der Waals surface area (Å²) in [7, 11) is 2.18. The Balaban J connectivity index is 1.51. The van der Waals surface area contributed by atoms with E-state index in [0.29, 0.717) is 6.04 Å². The third-order valence-corrected chi connectivity index (χ3v) is 6.06. The van der Waals surface area contributed by atoms with Gasteiger partial charge < -0.3 is 4.90 Å². The van der Waals surface area contributed by atoms with Crippen LogP contribution in [-0.2, 0) is 6.54 Å². The fourth-order valence-corrected chi connectivity index (χ4v) is 4.60. The maximum atomic E-state index is 5.04. The van der Waals surface area contributed by atoms with Crippen LogP contribution in [0.5, 0.6) is 0 Å². The zero-order valence-electron chi connectivity index (χ0n) is 16.5. The second kappa shape index (κ2) is 7.49. The molecule has 0 N–H and O–H groups in total. The standard InChI is InChI=1S/C23H27N5/c1-26-15-10-18(11-16-26)23-20(25-22-9-3-5-14-28(22)23)17-27-13-6-8-21(27)19-7-2-4-12-24-19/h2-5,7,9-10,12,14,21H,6,8,11,13,15-17H2,1H3. The number of hydrogen-bond acceptors (Lipinski definition) is 4. The minimum atomic E-state index is 0.394.